The SMILES string of the molecule is CCCn1c(C)c(C)c2ccnc(NCc3ccccc3)c21. The van der Waals surface area contributed by atoms with E-state index in [0.29, 0.717) is 0 Å². The Bertz CT molecular complexity index is 772. The lowest BCUT2D eigenvalue weighted by Crippen LogP contribution is -2.05. The number of pyridine rings is 1. The molecule has 3 heteroatoms. The fourth-order valence-corrected chi connectivity index (χ4v) is 3.01. The molecule has 1 aromatic carbocycles. The number of rotatable bonds is 5. The lowest BCUT2D eigenvalue weighted by molar-refractivity contribution is 0.683. The van der Waals surface area contributed by atoms with Crippen molar-refractivity contribution < 1.29 is 0 Å². The van der Waals surface area contributed by atoms with E-state index >= 15 is 0 Å². The van der Waals surface area contributed by atoms with Crippen molar-refractivity contribution in [3.05, 3.63) is 59.4 Å². The Hall–Kier alpha value is -2.29. The minimum Gasteiger partial charge on any atom is -0.364 e. The van der Waals surface area contributed by atoms with Crippen LogP contribution in [0.25, 0.3) is 10.9 Å². The van der Waals surface area contributed by atoms with Gasteiger partial charge in [0, 0.05) is 30.4 Å². The van der Waals surface area contributed by atoms with Crippen LogP contribution in [0.15, 0.2) is 42.6 Å². The van der Waals surface area contributed by atoms with Crippen molar-refractivity contribution in [3.8, 4) is 0 Å². The van der Waals surface area contributed by atoms with Crippen LogP contribution in [0.1, 0.15) is 30.2 Å². The molecule has 0 aliphatic heterocycles. The molecule has 0 atom stereocenters. The number of aryl methyl sites for hydroxylation is 2. The molecule has 0 aliphatic carbocycles. The molecule has 0 amide bonds. The highest BCUT2D eigenvalue weighted by Crippen LogP contribution is 2.30. The molecule has 0 radical (unpaired) electrons. The van der Waals surface area contributed by atoms with E-state index in [9.17, 15) is 0 Å². The van der Waals surface area contributed by atoms with Crippen LogP contribution in [0, 0.1) is 13.8 Å². The van der Waals surface area contributed by atoms with E-state index in [1.807, 2.05) is 12.3 Å². The summed E-state index contributed by atoms with van der Waals surface area (Å²) in [6.45, 7) is 8.44. The maximum Gasteiger partial charge on any atom is 0.150 e. The van der Waals surface area contributed by atoms with E-state index < -0.39 is 0 Å². The van der Waals surface area contributed by atoms with Crippen LogP contribution in [-0.2, 0) is 13.1 Å². The molecule has 0 aliphatic rings. The van der Waals surface area contributed by atoms with Crippen LogP contribution >= 0.6 is 0 Å². The number of hydrogen-bond donors (Lipinski definition) is 1. The van der Waals surface area contributed by atoms with Gasteiger partial charge in [-0.2, -0.15) is 0 Å². The molecule has 0 spiro atoms. The third kappa shape index (κ3) is 2.59. The third-order valence-corrected chi connectivity index (χ3v) is 4.30. The molecule has 1 N–H and O–H groups in total. The normalized spacial score (nSPS) is 11.0. The first-order chi connectivity index (χ1) is 10.7. The predicted octanol–water partition coefficient (Wildman–Crippen LogP) is 4.68. The summed E-state index contributed by atoms with van der Waals surface area (Å²) in [4.78, 5) is 4.59. The average Bonchev–Trinajstić information content (AvgIpc) is 2.80. The van der Waals surface area contributed by atoms with Crippen molar-refractivity contribution in [1.29, 1.82) is 0 Å². The second-order valence-corrected chi connectivity index (χ2v) is 5.76. The Labute approximate surface area is 132 Å². The van der Waals surface area contributed by atoms with E-state index in [2.05, 4.69) is 66.0 Å². The second-order valence-electron chi connectivity index (χ2n) is 5.76. The number of hydrogen-bond acceptors (Lipinski definition) is 2. The first kappa shape index (κ1) is 14.6. The topological polar surface area (TPSA) is 29.9 Å². The van der Waals surface area contributed by atoms with Gasteiger partial charge in [0.05, 0.1) is 5.52 Å². The zero-order valence-electron chi connectivity index (χ0n) is 13.6. The summed E-state index contributed by atoms with van der Waals surface area (Å²) in [6, 6.07) is 12.6. The molecule has 3 nitrogen and oxygen atoms in total. The molecule has 22 heavy (non-hydrogen) atoms. The highest BCUT2D eigenvalue weighted by Gasteiger charge is 2.14. The van der Waals surface area contributed by atoms with E-state index in [4.69, 9.17) is 0 Å². The molecule has 3 aromatic rings. The first-order valence-corrected chi connectivity index (χ1v) is 7.94. The van der Waals surface area contributed by atoms with Crippen LogP contribution < -0.4 is 5.32 Å². The van der Waals surface area contributed by atoms with Crippen molar-refractivity contribution in [3.63, 3.8) is 0 Å². The molecule has 0 unspecified atom stereocenters. The third-order valence-electron chi connectivity index (χ3n) is 4.30. The van der Waals surface area contributed by atoms with E-state index in [-0.39, 0.29) is 0 Å². The lowest BCUT2D eigenvalue weighted by atomic mass is 10.2. The molecule has 3 rings (SSSR count). The molecule has 0 saturated carbocycles. The fourth-order valence-electron chi connectivity index (χ4n) is 3.01. The van der Waals surface area contributed by atoms with Gasteiger partial charge in [-0.1, -0.05) is 37.3 Å². The van der Waals surface area contributed by atoms with Crippen LogP contribution in [-0.4, -0.2) is 9.55 Å². The molecule has 0 bridgehead atoms. The average molecular weight is 293 g/mol. The van der Waals surface area contributed by atoms with Gasteiger partial charge in [0.25, 0.3) is 0 Å². The number of fused-ring (bicyclic) bond motifs is 1. The summed E-state index contributed by atoms with van der Waals surface area (Å²) in [5.41, 5.74) is 5.19. The Balaban J connectivity index is 2.00. The Kier molecular flexibility index (Phi) is 4.14. The zero-order chi connectivity index (χ0) is 15.5. The van der Waals surface area contributed by atoms with Crippen LogP contribution in [0.2, 0.25) is 0 Å². The van der Waals surface area contributed by atoms with Gasteiger partial charge >= 0.3 is 0 Å². The largest absolute Gasteiger partial charge is 0.364 e. The number of aromatic nitrogens is 2. The summed E-state index contributed by atoms with van der Waals surface area (Å²) in [5, 5.41) is 4.81. The minimum atomic E-state index is 0.794. The monoisotopic (exact) mass is 293 g/mol. The van der Waals surface area contributed by atoms with Gasteiger partial charge < -0.3 is 9.88 Å². The summed E-state index contributed by atoms with van der Waals surface area (Å²) in [6.07, 6.45) is 3.02. The zero-order valence-corrected chi connectivity index (χ0v) is 13.6. The van der Waals surface area contributed by atoms with Gasteiger partial charge in [0.15, 0.2) is 5.82 Å². The summed E-state index contributed by atoms with van der Waals surface area (Å²) in [5.74, 6) is 0.978. The molecule has 0 fully saturated rings. The molecule has 0 saturated heterocycles. The van der Waals surface area contributed by atoms with Crippen molar-refractivity contribution in [2.24, 2.45) is 0 Å². The Morgan fingerprint density at radius 2 is 1.86 bits per heavy atom. The Morgan fingerprint density at radius 3 is 2.59 bits per heavy atom. The van der Waals surface area contributed by atoms with E-state index in [1.54, 1.807) is 0 Å². The van der Waals surface area contributed by atoms with Gasteiger partial charge in [0.1, 0.15) is 0 Å². The van der Waals surface area contributed by atoms with Crippen LogP contribution in [0.3, 0.4) is 0 Å². The second kappa shape index (κ2) is 6.22. The highest BCUT2D eigenvalue weighted by atomic mass is 15.1. The standard InChI is InChI=1S/C19H23N3/c1-4-12-22-15(3)14(2)17-10-11-20-19(18(17)22)21-13-16-8-6-5-7-9-16/h5-11H,4,12-13H2,1-3H3,(H,20,21). The summed E-state index contributed by atoms with van der Waals surface area (Å²) >= 11 is 0. The van der Waals surface area contributed by atoms with Crippen molar-refractivity contribution in [1.82, 2.24) is 9.55 Å². The molecular formula is C19H23N3. The fraction of sp³-hybridized carbons (Fsp3) is 0.316. The maximum absolute atomic E-state index is 4.59. The van der Waals surface area contributed by atoms with Crippen molar-refractivity contribution >= 4 is 16.7 Å². The van der Waals surface area contributed by atoms with Crippen LogP contribution in [0.4, 0.5) is 5.82 Å². The minimum absolute atomic E-state index is 0.794. The van der Waals surface area contributed by atoms with Gasteiger partial charge in [-0.05, 0) is 37.5 Å². The number of benzene rings is 1. The van der Waals surface area contributed by atoms with E-state index in [1.165, 1.54) is 27.7 Å². The first-order valence-electron chi connectivity index (χ1n) is 7.94. The number of nitrogens with one attached hydrogen (secondary N) is 1. The molecular weight excluding hydrogens is 270 g/mol. The van der Waals surface area contributed by atoms with Crippen molar-refractivity contribution in [2.45, 2.75) is 40.3 Å². The lowest BCUT2D eigenvalue weighted by Gasteiger charge is -2.11. The molecule has 2 aromatic heterocycles. The van der Waals surface area contributed by atoms with Crippen LogP contribution in [0.5, 0.6) is 0 Å². The predicted molar refractivity (Wildman–Crippen MR) is 93.3 cm³/mol. The van der Waals surface area contributed by atoms with Crippen molar-refractivity contribution in [2.75, 3.05) is 5.32 Å². The smallest absolute Gasteiger partial charge is 0.150 e. The molecule has 114 valence electrons. The van der Waals surface area contributed by atoms with Gasteiger partial charge in [0.2, 0.25) is 0 Å². The molecule has 2 heterocycles. The summed E-state index contributed by atoms with van der Waals surface area (Å²) in [7, 11) is 0. The Morgan fingerprint density at radius 1 is 1.09 bits per heavy atom. The van der Waals surface area contributed by atoms with Gasteiger partial charge in [-0.3, -0.25) is 0 Å². The van der Waals surface area contributed by atoms with Gasteiger partial charge in [-0.15, -0.1) is 0 Å². The van der Waals surface area contributed by atoms with Gasteiger partial charge in [-0.25, -0.2) is 4.98 Å². The summed E-state index contributed by atoms with van der Waals surface area (Å²) < 4.78 is 2.39. The number of nitrogens with zero attached hydrogens (tertiary/aromatic N) is 2. The van der Waals surface area contributed by atoms with E-state index in [0.717, 1.165) is 25.3 Å². The number of anilines is 1. The maximum atomic E-state index is 4.59. The highest BCUT2D eigenvalue weighted by molar-refractivity contribution is 5.93. The quantitative estimate of drug-likeness (QED) is 0.740.